The molecule has 0 spiro atoms. The van der Waals surface area contributed by atoms with Gasteiger partial charge in [0.2, 0.25) is 0 Å². The third-order valence-electron chi connectivity index (χ3n) is 2.17. The number of nitrogens with zero attached hydrogens (tertiary/aromatic N) is 1. The summed E-state index contributed by atoms with van der Waals surface area (Å²) < 4.78 is 21.9. The van der Waals surface area contributed by atoms with Crippen LogP contribution in [-0.2, 0) is 9.84 Å². The average Bonchev–Trinajstić information content (AvgIpc) is 2.14. The second-order valence-corrected chi connectivity index (χ2v) is 5.87. The van der Waals surface area contributed by atoms with E-state index in [-0.39, 0.29) is 12.2 Å². The molecule has 1 unspecified atom stereocenters. The normalized spacial score (nSPS) is 13.8. The third-order valence-corrected chi connectivity index (χ3v) is 3.15. The predicted octanol–water partition coefficient (Wildman–Crippen LogP) is 0.858. The molecule has 84 valence electrons. The number of sulfone groups is 1. The highest BCUT2D eigenvalue weighted by Gasteiger charge is 2.13. The number of aryl methyl sites for hydroxylation is 1. The Morgan fingerprint density at radius 2 is 2.20 bits per heavy atom. The maximum Gasteiger partial charge on any atom is 0.147 e. The van der Waals surface area contributed by atoms with Crippen LogP contribution < -0.4 is 0 Å². The predicted molar refractivity (Wildman–Crippen MR) is 58.3 cm³/mol. The summed E-state index contributed by atoms with van der Waals surface area (Å²) >= 11 is 0. The van der Waals surface area contributed by atoms with Gasteiger partial charge in [0.15, 0.2) is 0 Å². The quantitative estimate of drug-likeness (QED) is 0.831. The minimum absolute atomic E-state index is 0.0114. The van der Waals surface area contributed by atoms with Crippen LogP contribution in [0.1, 0.15) is 23.8 Å². The second kappa shape index (κ2) is 4.72. The molecule has 0 bridgehead atoms. The summed E-state index contributed by atoms with van der Waals surface area (Å²) in [6.45, 7) is 1.79. The van der Waals surface area contributed by atoms with Crippen LogP contribution in [0.15, 0.2) is 18.3 Å². The molecule has 0 aromatic carbocycles. The van der Waals surface area contributed by atoms with E-state index >= 15 is 0 Å². The van der Waals surface area contributed by atoms with Gasteiger partial charge in [-0.15, -0.1) is 0 Å². The van der Waals surface area contributed by atoms with E-state index in [1.54, 1.807) is 25.3 Å². The Hall–Kier alpha value is -0.940. The Balaban J connectivity index is 2.70. The molecule has 0 aliphatic carbocycles. The van der Waals surface area contributed by atoms with Crippen molar-refractivity contribution in [2.24, 2.45) is 0 Å². The summed E-state index contributed by atoms with van der Waals surface area (Å²) in [5.74, 6) is -0.0114. The van der Waals surface area contributed by atoms with Crippen LogP contribution in [0.2, 0.25) is 0 Å². The van der Waals surface area contributed by atoms with Gasteiger partial charge in [0, 0.05) is 23.7 Å². The van der Waals surface area contributed by atoms with Gasteiger partial charge in [-0.2, -0.15) is 0 Å². The number of hydrogen-bond donors (Lipinski definition) is 1. The first kappa shape index (κ1) is 12.1. The van der Waals surface area contributed by atoms with Crippen molar-refractivity contribution in [1.29, 1.82) is 0 Å². The molecule has 0 amide bonds. The zero-order valence-corrected chi connectivity index (χ0v) is 9.66. The fraction of sp³-hybridized carbons (Fsp3) is 0.500. The zero-order valence-electron chi connectivity index (χ0n) is 8.84. The maximum absolute atomic E-state index is 10.9. The van der Waals surface area contributed by atoms with Crippen LogP contribution in [0.3, 0.4) is 0 Å². The lowest BCUT2D eigenvalue weighted by Crippen LogP contribution is -2.09. The van der Waals surface area contributed by atoms with Gasteiger partial charge in [-0.1, -0.05) is 6.07 Å². The van der Waals surface area contributed by atoms with Crippen molar-refractivity contribution in [2.75, 3.05) is 12.0 Å². The van der Waals surface area contributed by atoms with Crippen molar-refractivity contribution in [3.8, 4) is 0 Å². The standard InChI is InChI=1S/C10H15NO3S/c1-8-9(4-3-6-11-8)10(12)5-7-15(2,13)14/h3-4,6,10,12H,5,7H2,1-2H3. The molecule has 1 N–H and O–H groups in total. The van der Waals surface area contributed by atoms with Crippen molar-refractivity contribution in [2.45, 2.75) is 19.4 Å². The topological polar surface area (TPSA) is 67.3 Å². The smallest absolute Gasteiger partial charge is 0.147 e. The van der Waals surface area contributed by atoms with Gasteiger partial charge in [-0.25, -0.2) is 8.42 Å². The first-order valence-corrected chi connectivity index (χ1v) is 6.73. The molecule has 0 saturated heterocycles. The summed E-state index contributed by atoms with van der Waals surface area (Å²) in [4.78, 5) is 4.04. The van der Waals surface area contributed by atoms with Crippen molar-refractivity contribution >= 4 is 9.84 Å². The molecule has 0 aliphatic rings. The van der Waals surface area contributed by atoms with Crippen LogP contribution in [0.5, 0.6) is 0 Å². The van der Waals surface area contributed by atoms with E-state index in [1.807, 2.05) is 0 Å². The van der Waals surface area contributed by atoms with E-state index in [2.05, 4.69) is 4.98 Å². The fourth-order valence-corrected chi connectivity index (χ4v) is 1.98. The van der Waals surface area contributed by atoms with Gasteiger partial charge in [0.05, 0.1) is 11.9 Å². The summed E-state index contributed by atoms with van der Waals surface area (Å²) in [7, 11) is -3.02. The van der Waals surface area contributed by atoms with Crippen molar-refractivity contribution in [3.05, 3.63) is 29.6 Å². The number of aliphatic hydroxyl groups is 1. The number of pyridine rings is 1. The number of rotatable bonds is 4. The zero-order chi connectivity index (χ0) is 11.5. The number of aliphatic hydroxyl groups excluding tert-OH is 1. The lowest BCUT2D eigenvalue weighted by Gasteiger charge is -2.11. The molecule has 0 fully saturated rings. The summed E-state index contributed by atoms with van der Waals surface area (Å²) in [5.41, 5.74) is 1.43. The highest BCUT2D eigenvalue weighted by molar-refractivity contribution is 7.90. The highest BCUT2D eigenvalue weighted by Crippen LogP contribution is 2.18. The maximum atomic E-state index is 10.9. The Kier molecular flexibility index (Phi) is 3.82. The molecular formula is C10H15NO3S. The minimum Gasteiger partial charge on any atom is -0.388 e. The van der Waals surface area contributed by atoms with Crippen LogP contribution >= 0.6 is 0 Å². The number of aromatic nitrogens is 1. The van der Waals surface area contributed by atoms with Gasteiger partial charge in [0.1, 0.15) is 9.84 Å². The highest BCUT2D eigenvalue weighted by atomic mass is 32.2. The van der Waals surface area contributed by atoms with E-state index < -0.39 is 15.9 Å². The molecule has 4 nitrogen and oxygen atoms in total. The lowest BCUT2D eigenvalue weighted by atomic mass is 10.1. The molecule has 1 aromatic heterocycles. The largest absolute Gasteiger partial charge is 0.388 e. The fourth-order valence-electron chi connectivity index (χ4n) is 1.33. The molecule has 0 aliphatic heterocycles. The third kappa shape index (κ3) is 3.97. The van der Waals surface area contributed by atoms with E-state index in [4.69, 9.17) is 0 Å². The SMILES string of the molecule is Cc1ncccc1C(O)CCS(C)(=O)=O. The van der Waals surface area contributed by atoms with E-state index in [0.29, 0.717) is 5.56 Å². The first-order chi connectivity index (χ1) is 6.90. The van der Waals surface area contributed by atoms with E-state index in [9.17, 15) is 13.5 Å². The average molecular weight is 229 g/mol. The number of hydrogen-bond acceptors (Lipinski definition) is 4. The molecule has 5 heteroatoms. The molecular weight excluding hydrogens is 214 g/mol. The molecule has 0 radical (unpaired) electrons. The molecule has 1 aromatic rings. The summed E-state index contributed by atoms with van der Waals surface area (Å²) in [5, 5.41) is 9.76. The van der Waals surface area contributed by atoms with Gasteiger partial charge in [-0.05, 0) is 19.4 Å². The van der Waals surface area contributed by atoms with E-state index in [1.165, 1.54) is 0 Å². The Morgan fingerprint density at radius 1 is 1.53 bits per heavy atom. The van der Waals surface area contributed by atoms with Crippen LogP contribution in [0, 0.1) is 6.92 Å². The second-order valence-electron chi connectivity index (χ2n) is 3.61. The Bertz CT molecular complexity index is 428. The van der Waals surface area contributed by atoms with Gasteiger partial charge < -0.3 is 5.11 Å². The summed E-state index contributed by atoms with van der Waals surface area (Å²) in [6.07, 6.45) is 2.26. The lowest BCUT2D eigenvalue weighted by molar-refractivity contribution is 0.173. The van der Waals surface area contributed by atoms with Gasteiger partial charge in [-0.3, -0.25) is 4.98 Å². The van der Waals surface area contributed by atoms with E-state index in [0.717, 1.165) is 11.9 Å². The molecule has 1 atom stereocenters. The van der Waals surface area contributed by atoms with Crippen LogP contribution in [0.4, 0.5) is 0 Å². The van der Waals surface area contributed by atoms with Crippen molar-refractivity contribution < 1.29 is 13.5 Å². The minimum atomic E-state index is -3.02. The summed E-state index contributed by atoms with van der Waals surface area (Å²) in [6, 6.07) is 3.49. The Morgan fingerprint density at radius 3 is 2.73 bits per heavy atom. The molecule has 15 heavy (non-hydrogen) atoms. The molecule has 1 rings (SSSR count). The van der Waals surface area contributed by atoms with Crippen LogP contribution in [0.25, 0.3) is 0 Å². The van der Waals surface area contributed by atoms with Crippen molar-refractivity contribution in [1.82, 2.24) is 4.98 Å². The van der Waals surface area contributed by atoms with Gasteiger partial charge in [0.25, 0.3) is 0 Å². The van der Waals surface area contributed by atoms with Crippen molar-refractivity contribution in [3.63, 3.8) is 0 Å². The molecule has 0 saturated carbocycles. The Labute approximate surface area is 89.9 Å². The monoisotopic (exact) mass is 229 g/mol. The van der Waals surface area contributed by atoms with Crippen LogP contribution in [-0.4, -0.2) is 30.5 Å². The molecule has 1 heterocycles. The van der Waals surface area contributed by atoms with Gasteiger partial charge >= 0.3 is 0 Å². The first-order valence-electron chi connectivity index (χ1n) is 4.67.